The SMILES string of the molecule is N#Cc1cc(C(F)(F)F)ccc1OCCN1CCCC1. The third kappa shape index (κ3) is 3.64. The number of hydrogen-bond acceptors (Lipinski definition) is 3. The second kappa shape index (κ2) is 6.14. The van der Waals surface area contributed by atoms with Crippen molar-refractivity contribution in [1.29, 1.82) is 5.26 Å². The predicted molar refractivity (Wildman–Crippen MR) is 67.3 cm³/mol. The normalized spacial score (nSPS) is 16.1. The molecule has 6 heteroatoms. The van der Waals surface area contributed by atoms with Crippen LogP contribution in [0.2, 0.25) is 0 Å². The first-order valence-corrected chi connectivity index (χ1v) is 6.47. The van der Waals surface area contributed by atoms with E-state index in [1.165, 1.54) is 18.9 Å². The molecule has 0 unspecified atom stereocenters. The molecule has 0 spiro atoms. The van der Waals surface area contributed by atoms with Gasteiger partial charge in [0.15, 0.2) is 0 Å². The zero-order valence-corrected chi connectivity index (χ0v) is 10.9. The molecule has 0 atom stereocenters. The maximum absolute atomic E-state index is 12.5. The highest BCUT2D eigenvalue weighted by molar-refractivity contribution is 5.46. The van der Waals surface area contributed by atoms with Crippen LogP contribution < -0.4 is 4.74 Å². The van der Waals surface area contributed by atoms with E-state index in [9.17, 15) is 13.2 Å². The minimum Gasteiger partial charge on any atom is -0.491 e. The number of likely N-dealkylation sites (tertiary alicyclic amines) is 1. The molecule has 1 aliphatic heterocycles. The molecule has 1 fully saturated rings. The number of nitrogens with zero attached hydrogens (tertiary/aromatic N) is 2. The fraction of sp³-hybridized carbons (Fsp3) is 0.500. The highest BCUT2D eigenvalue weighted by atomic mass is 19.4. The van der Waals surface area contributed by atoms with Crippen molar-refractivity contribution in [3.05, 3.63) is 29.3 Å². The van der Waals surface area contributed by atoms with E-state index in [4.69, 9.17) is 10.00 Å². The maximum atomic E-state index is 12.5. The summed E-state index contributed by atoms with van der Waals surface area (Å²) in [7, 11) is 0. The molecule has 0 aliphatic carbocycles. The van der Waals surface area contributed by atoms with Gasteiger partial charge in [0.25, 0.3) is 0 Å². The summed E-state index contributed by atoms with van der Waals surface area (Å²) in [6.45, 7) is 3.16. The van der Waals surface area contributed by atoms with Crippen molar-refractivity contribution in [2.45, 2.75) is 19.0 Å². The highest BCUT2D eigenvalue weighted by Crippen LogP contribution is 2.32. The summed E-state index contributed by atoms with van der Waals surface area (Å²) in [4.78, 5) is 2.23. The van der Waals surface area contributed by atoms with E-state index in [0.29, 0.717) is 6.61 Å². The summed E-state index contributed by atoms with van der Waals surface area (Å²) in [6.07, 6.45) is -2.10. The Morgan fingerprint density at radius 1 is 1.25 bits per heavy atom. The van der Waals surface area contributed by atoms with Crippen molar-refractivity contribution in [3.63, 3.8) is 0 Å². The first-order chi connectivity index (χ1) is 9.50. The Hall–Kier alpha value is -1.74. The van der Waals surface area contributed by atoms with Crippen LogP contribution in [0, 0.1) is 11.3 Å². The number of ether oxygens (including phenoxy) is 1. The van der Waals surface area contributed by atoms with Crippen molar-refractivity contribution in [3.8, 4) is 11.8 Å². The Morgan fingerprint density at radius 3 is 2.55 bits per heavy atom. The number of alkyl halides is 3. The molecule has 1 aliphatic rings. The van der Waals surface area contributed by atoms with Crippen LogP contribution >= 0.6 is 0 Å². The molecule has 1 aromatic carbocycles. The fourth-order valence-corrected chi connectivity index (χ4v) is 2.21. The van der Waals surface area contributed by atoms with E-state index in [0.717, 1.165) is 31.8 Å². The Kier molecular flexibility index (Phi) is 4.50. The molecule has 1 saturated heterocycles. The molecule has 0 N–H and O–H groups in total. The van der Waals surface area contributed by atoms with E-state index in [1.54, 1.807) is 6.07 Å². The molecule has 0 amide bonds. The van der Waals surface area contributed by atoms with Crippen LogP contribution in [0.25, 0.3) is 0 Å². The number of halogens is 3. The van der Waals surface area contributed by atoms with E-state index >= 15 is 0 Å². The standard InChI is InChI=1S/C14H15F3N2O/c15-14(16,17)12-3-4-13(11(9-12)10-18)20-8-7-19-5-1-2-6-19/h3-4,9H,1-2,5-8H2. The van der Waals surface area contributed by atoms with Gasteiger partial charge in [0, 0.05) is 6.54 Å². The van der Waals surface area contributed by atoms with Gasteiger partial charge >= 0.3 is 6.18 Å². The smallest absolute Gasteiger partial charge is 0.416 e. The molecular weight excluding hydrogens is 269 g/mol. The Balaban J connectivity index is 1.99. The van der Waals surface area contributed by atoms with Crippen LogP contribution in [0.15, 0.2) is 18.2 Å². The average molecular weight is 284 g/mol. The molecule has 1 heterocycles. The molecule has 0 radical (unpaired) electrons. The van der Waals surface area contributed by atoms with Gasteiger partial charge in [0.1, 0.15) is 18.4 Å². The zero-order valence-electron chi connectivity index (χ0n) is 10.9. The summed E-state index contributed by atoms with van der Waals surface area (Å²) in [5.41, 5.74) is -0.915. The third-order valence-electron chi connectivity index (χ3n) is 3.29. The van der Waals surface area contributed by atoms with Crippen molar-refractivity contribution in [2.24, 2.45) is 0 Å². The lowest BCUT2D eigenvalue weighted by atomic mass is 10.1. The molecule has 108 valence electrons. The van der Waals surface area contributed by atoms with E-state index in [1.807, 2.05) is 0 Å². The summed E-state index contributed by atoms with van der Waals surface area (Å²) in [5.74, 6) is 0.208. The quantitative estimate of drug-likeness (QED) is 0.852. The number of benzene rings is 1. The average Bonchev–Trinajstić information content (AvgIpc) is 2.91. The zero-order chi connectivity index (χ0) is 14.6. The number of hydrogen-bond donors (Lipinski definition) is 0. The lowest BCUT2D eigenvalue weighted by Crippen LogP contribution is -2.25. The Labute approximate surface area is 115 Å². The van der Waals surface area contributed by atoms with Gasteiger partial charge < -0.3 is 4.74 Å². The molecule has 0 bridgehead atoms. The van der Waals surface area contributed by atoms with Gasteiger partial charge in [0.2, 0.25) is 0 Å². The van der Waals surface area contributed by atoms with Crippen LogP contribution in [-0.2, 0) is 6.18 Å². The van der Waals surface area contributed by atoms with Gasteiger partial charge in [-0.1, -0.05) is 0 Å². The second-order valence-electron chi connectivity index (χ2n) is 4.72. The van der Waals surface area contributed by atoms with Gasteiger partial charge in [-0.05, 0) is 44.1 Å². The Bertz CT molecular complexity index is 502. The first kappa shape index (κ1) is 14.7. The number of rotatable bonds is 4. The molecule has 1 aromatic rings. The van der Waals surface area contributed by atoms with Gasteiger partial charge in [-0.15, -0.1) is 0 Å². The van der Waals surface area contributed by atoms with Crippen molar-refractivity contribution in [1.82, 2.24) is 4.90 Å². The monoisotopic (exact) mass is 284 g/mol. The van der Waals surface area contributed by atoms with Crippen molar-refractivity contribution >= 4 is 0 Å². The predicted octanol–water partition coefficient (Wildman–Crippen LogP) is 3.05. The van der Waals surface area contributed by atoms with Gasteiger partial charge in [0.05, 0.1) is 11.1 Å². The van der Waals surface area contributed by atoms with E-state index in [-0.39, 0.29) is 11.3 Å². The summed E-state index contributed by atoms with van der Waals surface area (Å²) in [6, 6.07) is 4.72. The van der Waals surface area contributed by atoms with Crippen LogP contribution in [-0.4, -0.2) is 31.1 Å². The third-order valence-corrected chi connectivity index (χ3v) is 3.29. The minimum absolute atomic E-state index is 0.0822. The topological polar surface area (TPSA) is 36.3 Å². The minimum atomic E-state index is -4.44. The second-order valence-corrected chi connectivity index (χ2v) is 4.72. The summed E-state index contributed by atoms with van der Waals surface area (Å²) < 4.78 is 43.0. The highest BCUT2D eigenvalue weighted by Gasteiger charge is 2.31. The maximum Gasteiger partial charge on any atom is 0.416 e. The van der Waals surface area contributed by atoms with Crippen LogP contribution in [0.4, 0.5) is 13.2 Å². The largest absolute Gasteiger partial charge is 0.491 e. The van der Waals surface area contributed by atoms with Crippen molar-refractivity contribution < 1.29 is 17.9 Å². The molecule has 20 heavy (non-hydrogen) atoms. The van der Waals surface area contributed by atoms with Crippen LogP contribution in [0.3, 0.4) is 0 Å². The molecule has 3 nitrogen and oxygen atoms in total. The Morgan fingerprint density at radius 2 is 1.95 bits per heavy atom. The van der Waals surface area contributed by atoms with E-state index in [2.05, 4.69) is 4.90 Å². The fourth-order valence-electron chi connectivity index (χ4n) is 2.21. The lowest BCUT2D eigenvalue weighted by molar-refractivity contribution is -0.137. The first-order valence-electron chi connectivity index (χ1n) is 6.47. The van der Waals surface area contributed by atoms with E-state index < -0.39 is 11.7 Å². The molecule has 0 aromatic heterocycles. The van der Waals surface area contributed by atoms with Crippen LogP contribution in [0.1, 0.15) is 24.0 Å². The summed E-state index contributed by atoms with van der Waals surface area (Å²) in [5, 5.41) is 8.91. The van der Waals surface area contributed by atoms with Gasteiger partial charge in [-0.25, -0.2) is 0 Å². The summed E-state index contributed by atoms with van der Waals surface area (Å²) >= 11 is 0. The molecular formula is C14H15F3N2O. The van der Waals surface area contributed by atoms with Gasteiger partial charge in [-0.2, -0.15) is 18.4 Å². The van der Waals surface area contributed by atoms with Gasteiger partial charge in [-0.3, -0.25) is 4.90 Å². The lowest BCUT2D eigenvalue weighted by Gasteiger charge is -2.16. The van der Waals surface area contributed by atoms with Crippen LogP contribution in [0.5, 0.6) is 5.75 Å². The number of nitriles is 1. The van der Waals surface area contributed by atoms with Crippen molar-refractivity contribution in [2.75, 3.05) is 26.2 Å². The molecule has 0 saturated carbocycles. The molecule has 2 rings (SSSR count).